The minimum absolute atomic E-state index is 0.310. The van der Waals surface area contributed by atoms with Crippen LogP contribution in [0.5, 0.6) is 0 Å². The average molecular weight is 401 g/mol. The molecule has 0 spiro atoms. The van der Waals surface area contributed by atoms with Crippen molar-refractivity contribution in [1.82, 2.24) is 15.8 Å². The number of ether oxygens (including phenoxy) is 1. The second-order valence-corrected chi connectivity index (χ2v) is 6.26. The third-order valence-electron chi connectivity index (χ3n) is 3.68. The zero-order valence-corrected chi connectivity index (χ0v) is 15.4. The highest BCUT2D eigenvalue weighted by molar-refractivity contribution is 6.30. The van der Waals surface area contributed by atoms with E-state index in [0.29, 0.717) is 16.4 Å². The van der Waals surface area contributed by atoms with Crippen molar-refractivity contribution in [2.75, 3.05) is 18.5 Å². The number of nitrogens with one attached hydrogen (secondary N) is 4. The van der Waals surface area contributed by atoms with Crippen molar-refractivity contribution in [3.05, 3.63) is 65.3 Å². The maximum absolute atomic E-state index is 12.1. The van der Waals surface area contributed by atoms with Gasteiger partial charge in [-0.3, -0.25) is 25.2 Å². The van der Waals surface area contributed by atoms with Gasteiger partial charge in [-0.25, -0.2) is 0 Å². The molecule has 0 aliphatic rings. The Kier molecular flexibility index (Phi) is 6.25. The lowest BCUT2D eigenvalue weighted by Gasteiger charge is -2.08. The Balaban J connectivity index is 1.37. The summed E-state index contributed by atoms with van der Waals surface area (Å²) in [7, 11) is 0. The summed E-state index contributed by atoms with van der Waals surface area (Å²) in [5, 5.41) is 4.04. The van der Waals surface area contributed by atoms with Crippen LogP contribution in [0, 0.1) is 0 Å². The first-order chi connectivity index (χ1) is 13.5. The van der Waals surface area contributed by atoms with Crippen molar-refractivity contribution in [2.24, 2.45) is 0 Å². The third-order valence-corrected chi connectivity index (χ3v) is 3.94. The number of halogens is 1. The Morgan fingerprint density at radius 1 is 0.929 bits per heavy atom. The fourth-order valence-corrected chi connectivity index (χ4v) is 2.52. The first-order valence-corrected chi connectivity index (χ1v) is 8.69. The highest BCUT2D eigenvalue weighted by atomic mass is 35.5. The van der Waals surface area contributed by atoms with E-state index >= 15 is 0 Å². The van der Waals surface area contributed by atoms with Crippen LogP contribution in [-0.2, 0) is 14.3 Å². The van der Waals surface area contributed by atoms with Gasteiger partial charge < -0.3 is 15.0 Å². The number of anilines is 1. The maximum Gasteiger partial charge on any atom is 0.286 e. The number of carbonyl (C=O) groups is 3. The number of para-hydroxylation sites is 1. The van der Waals surface area contributed by atoms with Crippen molar-refractivity contribution < 1.29 is 19.1 Å². The maximum atomic E-state index is 12.1. The lowest BCUT2D eigenvalue weighted by atomic mass is 10.2. The molecule has 4 N–H and O–H groups in total. The smallest absolute Gasteiger partial charge is 0.286 e. The number of fused-ring (bicyclic) bond motifs is 1. The van der Waals surface area contributed by atoms with Crippen LogP contribution in [0.4, 0.5) is 5.69 Å². The minimum atomic E-state index is -0.594. The van der Waals surface area contributed by atoms with E-state index in [1.54, 1.807) is 30.3 Å². The van der Waals surface area contributed by atoms with Crippen molar-refractivity contribution in [3.63, 3.8) is 0 Å². The summed E-state index contributed by atoms with van der Waals surface area (Å²) >= 11 is 5.76. The zero-order chi connectivity index (χ0) is 19.9. The molecular weight excluding hydrogens is 384 g/mol. The van der Waals surface area contributed by atoms with Crippen LogP contribution in [0.15, 0.2) is 54.6 Å². The predicted octanol–water partition coefficient (Wildman–Crippen LogP) is 2.24. The number of carbonyl (C=O) groups excluding carboxylic acids is 3. The number of hydrogen-bond donors (Lipinski definition) is 4. The predicted molar refractivity (Wildman–Crippen MR) is 105 cm³/mol. The number of hydrazine groups is 1. The van der Waals surface area contributed by atoms with Gasteiger partial charge in [0.2, 0.25) is 5.91 Å². The van der Waals surface area contributed by atoms with Crippen LogP contribution < -0.4 is 16.2 Å². The summed E-state index contributed by atoms with van der Waals surface area (Å²) in [6.45, 7) is -0.701. The van der Waals surface area contributed by atoms with E-state index < -0.39 is 17.7 Å². The lowest BCUT2D eigenvalue weighted by molar-refractivity contribution is -0.129. The van der Waals surface area contributed by atoms with Crippen molar-refractivity contribution in [1.29, 1.82) is 0 Å². The molecule has 0 saturated carbocycles. The van der Waals surface area contributed by atoms with E-state index in [9.17, 15) is 14.4 Å². The molecular formula is C19H17ClN4O4. The summed E-state index contributed by atoms with van der Waals surface area (Å²) in [4.78, 5) is 38.5. The molecule has 144 valence electrons. The molecule has 0 fully saturated rings. The van der Waals surface area contributed by atoms with E-state index in [2.05, 4.69) is 21.2 Å². The van der Waals surface area contributed by atoms with Crippen molar-refractivity contribution >= 4 is 45.9 Å². The molecule has 0 bridgehead atoms. The lowest BCUT2D eigenvalue weighted by Crippen LogP contribution is -2.43. The molecule has 28 heavy (non-hydrogen) atoms. The number of hydrogen-bond acceptors (Lipinski definition) is 4. The molecule has 0 aliphatic heterocycles. The fourth-order valence-electron chi connectivity index (χ4n) is 2.39. The molecule has 8 nitrogen and oxygen atoms in total. The number of amides is 3. The Morgan fingerprint density at radius 3 is 2.39 bits per heavy atom. The normalized spacial score (nSPS) is 10.5. The Hall–Kier alpha value is -3.36. The molecule has 3 amide bonds. The molecule has 1 aromatic heterocycles. The van der Waals surface area contributed by atoms with Crippen LogP contribution in [0.25, 0.3) is 10.9 Å². The fraction of sp³-hybridized carbons (Fsp3) is 0.105. The van der Waals surface area contributed by atoms with Crippen LogP contribution >= 0.6 is 11.6 Å². The largest absolute Gasteiger partial charge is 0.362 e. The summed E-state index contributed by atoms with van der Waals surface area (Å²) < 4.78 is 5.03. The van der Waals surface area contributed by atoms with Gasteiger partial charge in [-0.05, 0) is 36.4 Å². The van der Waals surface area contributed by atoms with Gasteiger partial charge in [0.05, 0.1) is 0 Å². The van der Waals surface area contributed by atoms with Gasteiger partial charge in [0.15, 0.2) is 0 Å². The molecule has 2 aromatic carbocycles. The molecule has 1 heterocycles. The van der Waals surface area contributed by atoms with E-state index in [0.717, 1.165) is 10.9 Å². The van der Waals surface area contributed by atoms with Crippen molar-refractivity contribution in [2.45, 2.75) is 0 Å². The summed E-state index contributed by atoms with van der Waals surface area (Å²) in [6.07, 6.45) is 0. The van der Waals surface area contributed by atoms with Crippen LogP contribution in [0.2, 0.25) is 5.02 Å². The number of aromatic amines is 1. The molecule has 0 saturated heterocycles. The van der Waals surface area contributed by atoms with E-state index in [1.165, 1.54) is 0 Å². The summed E-state index contributed by atoms with van der Waals surface area (Å²) in [5.74, 6) is -1.51. The van der Waals surface area contributed by atoms with Gasteiger partial charge in [-0.1, -0.05) is 29.8 Å². The van der Waals surface area contributed by atoms with Gasteiger partial charge in [0.25, 0.3) is 11.8 Å². The van der Waals surface area contributed by atoms with Gasteiger partial charge >= 0.3 is 0 Å². The topological polar surface area (TPSA) is 112 Å². The molecule has 0 atom stereocenters. The van der Waals surface area contributed by atoms with Crippen LogP contribution in [0.1, 0.15) is 10.5 Å². The molecule has 0 radical (unpaired) electrons. The monoisotopic (exact) mass is 400 g/mol. The molecule has 3 rings (SSSR count). The van der Waals surface area contributed by atoms with E-state index in [1.807, 2.05) is 24.3 Å². The van der Waals surface area contributed by atoms with Crippen LogP contribution in [0.3, 0.4) is 0 Å². The Bertz CT molecular complexity index is 968. The molecule has 9 heteroatoms. The van der Waals surface area contributed by atoms with Crippen LogP contribution in [-0.4, -0.2) is 35.9 Å². The third kappa shape index (κ3) is 5.32. The standard InChI is InChI=1S/C19H17ClN4O4/c20-13-5-7-14(8-6-13)21-17(25)10-28-11-18(26)23-24-19(27)16-9-12-3-1-2-4-15(12)22-16/h1-9,22H,10-11H2,(H,21,25)(H,23,26)(H,24,27). The second-order valence-electron chi connectivity index (χ2n) is 5.82. The molecule has 3 aromatic rings. The summed E-state index contributed by atoms with van der Waals surface area (Å²) in [6, 6.07) is 15.7. The van der Waals surface area contributed by atoms with E-state index in [4.69, 9.17) is 16.3 Å². The SMILES string of the molecule is O=C(COCC(=O)Nc1ccc(Cl)cc1)NNC(=O)c1cc2ccccc2[nH]1. The Labute approximate surface area is 165 Å². The quantitative estimate of drug-likeness (QED) is 0.475. The van der Waals surface area contributed by atoms with Gasteiger partial charge in [-0.15, -0.1) is 0 Å². The summed E-state index contributed by atoms with van der Waals surface area (Å²) in [5.41, 5.74) is 6.19. The van der Waals surface area contributed by atoms with Crippen molar-refractivity contribution in [3.8, 4) is 0 Å². The second kappa shape index (κ2) is 9.03. The van der Waals surface area contributed by atoms with Gasteiger partial charge in [0.1, 0.15) is 18.9 Å². The minimum Gasteiger partial charge on any atom is -0.362 e. The highest BCUT2D eigenvalue weighted by Gasteiger charge is 2.11. The van der Waals surface area contributed by atoms with Gasteiger partial charge in [-0.2, -0.15) is 0 Å². The first-order valence-electron chi connectivity index (χ1n) is 8.31. The highest BCUT2D eigenvalue weighted by Crippen LogP contribution is 2.14. The Morgan fingerprint density at radius 2 is 1.64 bits per heavy atom. The number of benzene rings is 2. The molecule has 0 aliphatic carbocycles. The first kappa shape index (κ1) is 19.4. The van der Waals surface area contributed by atoms with E-state index in [-0.39, 0.29) is 13.2 Å². The zero-order valence-electron chi connectivity index (χ0n) is 14.6. The average Bonchev–Trinajstić information content (AvgIpc) is 3.12. The number of aromatic nitrogens is 1. The number of H-pyrrole nitrogens is 1. The number of rotatable bonds is 6. The molecule has 0 unspecified atom stereocenters. The van der Waals surface area contributed by atoms with Gasteiger partial charge in [0, 0.05) is 21.6 Å².